The standard InChI is InChI=1S/C19H20F3N3O3/c1-27-16-4-2-3-15(11-16)24-7-9-25(10-8-24)18(26)14-5-6-17(23-12-14)28-13-19(20,21)22/h2-6,11-12H,7-10,13H2,1H3. The third-order valence-corrected chi connectivity index (χ3v) is 4.35. The zero-order chi connectivity index (χ0) is 20.1. The highest BCUT2D eigenvalue weighted by molar-refractivity contribution is 5.94. The lowest BCUT2D eigenvalue weighted by Gasteiger charge is -2.36. The number of anilines is 1. The molecule has 0 bridgehead atoms. The molecule has 0 atom stereocenters. The molecule has 0 unspecified atom stereocenters. The number of rotatable bonds is 5. The Morgan fingerprint density at radius 3 is 2.50 bits per heavy atom. The first-order valence-corrected chi connectivity index (χ1v) is 8.69. The number of piperazine rings is 1. The molecule has 1 saturated heterocycles. The fourth-order valence-electron chi connectivity index (χ4n) is 2.91. The number of aromatic nitrogens is 1. The third-order valence-electron chi connectivity index (χ3n) is 4.35. The first-order valence-electron chi connectivity index (χ1n) is 8.69. The van der Waals surface area contributed by atoms with Crippen molar-refractivity contribution in [3.05, 3.63) is 48.2 Å². The van der Waals surface area contributed by atoms with Crippen molar-refractivity contribution in [2.75, 3.05) is 44.8 Å². The van der Waals surface area contributed by atoms with Crippen molar-refractivity contribution < 1.29 is 27.4 Å². The molecule has 0 radical (unpaired) electrons. The summed E-state index contributed by atoms with van der Waals surface area (Å²) < 4.78 is 46.3. The van der Waals surface area contributed by atoms with E-state index in [2.05, 4.69) is 14.6 Å². The Balaban J connectivity index is 1.56. The van der Waals surface area contributed by atoms with E-state index in [0.717, 1.165) is 11.4 Å². The molecule has 1 aromatic heterocycles. The Labute approximate surface area is 160 Å². The third kappa shape index (κ3) is 5.05. The number of carbonyl (C=O) groups excluding carboxylic acids is 1. The zero-order valence-corrected chi connectivity index (χ0v) is 15.3. The summed E-state index contributed by atoms with van der Waals surface area (Å²) in [7, 11) is 1.61. The van der Waals surface area contributed by atoms with Crippen molar-refractivity contribution in [3.63, 3.8) is 0 Å². The number of halogens is 3. The van der Waals surface area contributed by atoms with Crippen LogP contribution in [0.4, 0.5) is 18.9 Å². The normalized spacial score (nSPS) is 14.7. The van der Waals surface area contributed by atoms with Crippen LogP contribution in [0.2, 0.25) is 0 Å². The number of carbonyl (C=O) groups is 1. The van der Waals surface area contributed by atoms with E-state index in [1.165, 1.54) is 18.3 Å². The van der Waals surface area contributed by atoms with Crippen LogP contribution in [-0.4, -0.2) is 61.9 Å². The molecule has 0 N–H and O–H groups in total. The van der Waals surface area contributed by atoms with E-state index in [4.69, 9.17) is 4.74 Å². The average molecular weight is 395 g/mol. The number of amides is 1. The first kappa shape index (κ1) is 19.8. The van der Waals surface area contributed by atoms with Gasteiger partial charge in [-0.05, 0) is 18.2 Å². The van der Waals surface area contributed by atoms with E-state index in [-0.39, 0.29) is 11.8 Å². The van der Waals surface area contributed by atoms with Gasteiger partial charge in [-0.2, -0.15) is 13.2 Å². The highest BCUT2D eigenvalue weighted by atomic mass is 19.4. The summed E-state index contributed by atoms with van der Waals surface area (Å²) in [5.74, 6) is 0.395. The van der Waals surface area contributed by atoms with Crippen LogP contribution in [0.3, 0.4) is 0 Å². The molecule has 28 heavy (non-hydrogen) atoms. The second-order valence-electron chi connectivity index (χ2n) is 6.27. The van der Waals surface area contributed by atoms with Crippen molar-refractivity contribution in [2.24, 2.45) is 0 Å². The summed E-state index contributed by atoms with van der Waals surface area (Å²) in [5, 5.41) is 0. The lowest BCUT2D eigenvalue weighted by Crippen LogP contribution is -2.48. The Morgan fingerprint density at radius 2 is 1.89 bits per heavy atom. The molecule has 1 aliphatic heterocycles. The summed E-state index contributed by atoms with van der Waals surface area (Å²) >= 11 is 0. The number of ether oxygens (including phenoxy) is 2. The molecule has 0 aliphatic carbocycles. The second kappa shape index (κ2) is 8.37. The highest BCUT2D eigenvalue weighted by Gasteiger charge is 2.29. The van der Waals surface area contributed by atoms with Crippen LogP contribution >= 0.6 is 0 Å². The smallest absolute Gasteiger partial charge is 0.422 e. The largest absolute Gasteiger partial charge is 0.497 e. The van der Waals surface area contributed by atoms with Gasteiger partial charge >= 0.3 is 6.18 Å². The number of hydrogen-bond acceptors (Lipinski definition) is 5. The van der Waals surface area contributed by atoms with E-state index in [0.29, 0.717) is 31.7 Å². The number of pyridine rings is 1. The van der Waals surface area contributed by atoms with Crippen LogP contribution in [0.5, 0.6) is 11.6 Å². The van der Waals surface area contributed by atoms with Crippen LogP contribution < -0.4 is 14.4 Å². The molecule has 2 heterocycles. The van der Waals surface area contributed by atoms with Gasteiger partial charge in [0, 0.05) is 50.2 Å². The number of nitrogens with zero attached hydrogens (tertiary/aromatic N) is 3. The maximum absolute atomic E-state index is 12.6. The van der Waals surface area contributed by atoms with E-state index >= 15 is 0 Å². The van der Waals surface area contributed by atoms with Crippen molar-refractivity contribution >= 4 is 11.6 Å². The molecule has 1 aromatic carbocycles. The molecule has 3 rings (SSSR count). The van der Waals surface area contributed by atoms with Gasteiger partial charge in [0.15, 0.2) is 6.61 Å². The Bertz CT molecular complexity index is 804. The Morgan fingerprint density at radius 1 is 1.14 bits per heavy atom. The highest BCUT2D eigenvalue weighted by Crippen LogP contribution is 2.23. The summed E-state index contributed by atoms with van der Waals surface area (Å²) in [5.41, 5.74) is 1.34. The molecular formula is C19H20F3N3O3. The summed E-state index contributed by atoms with van der Waals surface area (Å²) in [6.07, 6.45) is -3.19. The van der Waals surface area contributed by atoms with Crippen molar-refractivity contribution in [1.29, 1.82) is 0 Å². The van der Waals surface area contributed by atoms with Gasteiger partial charge in [0.05, 0.1) is 12.7 Å². The molecule has 150 valence electrons. The van der Waals surface area contributed by atoms with Gasteiger partial charge in [-0.25, -0.2) is 4.98 Å². The minimum absolute atomic E-state index is 0.170. The maximum Gasteiger partial charge on any atom is 0.422 e. The van der Waals surface area contributed by atoms with Crippen molar-refractivity contribution in [3.8, 4) is 11.6 Å². The molecule has 1 amide bonds. The molecule has 9 heteroatoms. The predicted molar refractivity (Wildman–Crippen MR) is 96.9 cm³/mol. The van der Waals surface area contributed by atoms with Gasteiger partial charge in [0.1, 0.15) is 5.75 Å². The number of hydrogen-bond donors (Lipinski definition) is 0. The molecule has 1 aliphatic rings. The molecular weight excluding hydrogens is 375 g/mol. The van der Waals surface area contributed by atoms with Gasteiger partial charge in [0.25, 0.3) is 5.91 Å². The fraction of sp³-hybridized carbons (Fsp3) is 0.368. The first-order chi connectivity index (χ1) is 13.4. The van der Waals surface area contributed by atoms with Crippen LogP contribution in [0.25, 0.3) is 0 Å². The second-order valence-corrected chi connectivity index (χ2v) is 6.27. The fourth-order valence-corrected chi connectivity index (χ4v) is 2.91. The topological polar surface area (TPSA) is 54.9 Å². The van der Waals surface area contributed by atoms with E-state index in [1.54, 1.807) is 12.0 Å². The van der Waals surface area contributed by atoms with Crippen LogP contribution in [-0.2, 0) is 0 Å². The average Bonchev–Trinajstić information content (AvgIpc) is 2.72. The number of benzene rings is 1. The molecule has 1 fully saturated rings. The van der Waals surface area contributed by atoms with Gasteiger partial charge in [-0.1, -0.05) is 6.07 Å². The minimum Gasteiger partial charge on any atom is -0.497 e. The lowest BCUT2D eigenvalue weighted by atomic mass is 10.2. The van der Waals surface area contributed by atoms with Gasteiger partial charge in [0.2, 0.25) is 5.88 Å². The summed E-state index contributed by atoms with van der Waals surface area (Å²) in [6, 6.07) is 10.4. The monoisotopic (exact) mass is 395 g/mol. The van der Waals surface area contributed by atoms with E-state index in [1.807, 2.05) is 24.3 Å². The predicted octanol–water partition coefficient (Wildman–Crippen LogP) is 2.99. The van der Waals surface area contributed by atoms with E-state index < -0.39 is 12.8 Å². The van der Waals surface area contributed by atoms with Crippen LogP contribution in [0.1, 0.15) is 10.4 Å². The number of methoxy groups -OCH3 is 1. The number of alkyl halides is 3. The maximum atomic E-state index is 12.6. The van der Waals surface area contributed by atoms with Gasteiger partial charge < -0.3 is 19.3 Å². The van der Waals surface area contributed by atoms with E-state index in [9.17, 15) is 18.0 Å². The molecule has 6 nitrogen and oxygen atoms in total. The summed E-state index contributed by atoms with van der Waals surface area (Å²) in [4.78, 5) is 20.2. The molecule has 2 aromatic rings. The minimum atomic E-state index is -4.43. The van der Waals surface area contributed by atoms with Crippen molar-refractivity contribution in [2.45, 2.75) is 6.18 Å². The lowest BCUT2D eigenvalue weighted by molar-refractivity contribution is -0.154. The zero-order valence-electron chi connectivity index (χ0n) is 15.3. The SMILES string of the molecule is COc1cccc(N2CCN(C(=O)c3ccc(OCC(F)(F)F)nc3)CC2)c1. The Hall–Kier alpha value is -2.97. The van der Waals surface area contributed by atoms with Gasteiger partial charge in [-0.3, -0.25) is 4.79 Å². The van der Waals surface area contributed by atoms with Crippen LogP contribution in [0, 0.1) is 0 Å². The van der Waals surface area contributed by atoms with Crippen molar-refractivity contribution in [1.82, 2.24) is 9.88 Å². The van der Waals surface area contributed by atoms with Crippen LogP contribution in [0.15, 0.2) is 42.6 Å². The molecule has 0 saturated carbocycles. The van der Waals surface area contributed by atoms with Gasteiger partial charge in [-0.15, -0.1) is 0 Å². The quantitative estimate of drug-likeness (QED) is 0.779. The summed E-state index contributed by atoms with van der Waals surface area (Å²) in [6.45, 7) is 0.975. The Kier molecular flexibility index (Phi) is 5.91. The molecule has 0 spiro atoms.